The summed E-state index contributed by atoms with van der Waals surface area (Å²) in [7, 11) is 1.72. The second-order valence-electron chi connectivity index (χ2n) is 4.49. The normalized spacial score (nSPS) is 16.9. The molecule has 0 saturated heterocycles. The SMILES string of the molecule is CCCc1cc(NN)nc(C(OC)C2CC2)n1. The van der Waals surface area contributed by atoms with Crippen LogP contribution in [0.25, 0.3) is 0 Å². The molecule has 1 atom stereocenters. The summed E-state index contributed by atoms with van der Waals surface area (Å²) in [6, 6.07) is 1.90. The Balaban J connectivity index is 2.27. The van der Waals surface area contributed by atoms with Crippen molar-refractivity contribution in [1.29, 1.82) is 0 Å². The molecule has 0 radical (unpaired) electrons. The van der Waals surface area contributed by atoms with E-state index in [2.05, 4.69) is 22.3 Å². The third-order valence-corrected chi connectivity index (χ3v) is 3.01. The van der Waals surface area contributed by atoms with Crippen LogP contribution in [0.4, 0.5) is 5.82 Å². The minimum Gasteiger partial charge on any atom is -0.373 e. The van der Waals surface area contributed by atoms with Gasteiger partial charge in [-0.25, -0.2) is 15.8 Å². The number of methoxy groups -OCH3 is 1. The standard InChI is InChI=1S/C12H20N4O/c1-3-4-9-7-10(16-13)15-12(14-9)11(17-2)8-5-6-8/h7-8,11H,3-6,13H2,1-2H3,(H,14,15,16). The Morgan fingerprint density at radius 1 is 1.53 bits per heavy atom. The van der Waals surface area contributed by atoms with Gasteiger partial charge >= 0.3 is 0 Å². The Kier molecular flexibility index (Phi) is 3.91. The smallest absolute Gasteiger partial charge is 0.160 e. The zero-order valence-corrected chi connectivity index (χ0v) is 10.4. The number of aromatic nitrogens is 2. The first-order valence-corrected chi connectivity index (χ1v) is 6.15. The quantitative estimate of drug-likeness (QED) is 0.582. The van der Waals surface area contributed by atoms with Gasteiger partial charge in [-0.2, -0.15) is 0 Å². The van der Waals surface area contributed by atoms with Crippen molar-refractivity contribution >= 4 is 5.82 Å². The molecule has 0 spiro atoms. The first-order valence-electron chi connectivity index (χ1n) is 6.15. The van der Waals surface area contributed by atoms with Crippen molar-refractivity contribution in [3.05, 3.63) is 17.6 Å². The van der Waals surface area contributed by atoms with Gasteiger partial charge in [0.05, 0.1) is 0 Å². The molecule has 5 nitrogen and oxygen atoms in total. The maximum atomic E-state index is 5.50. The van der Waals surface area contributed by atoms with E-state index in [0.29, 0.717) is 11.7 Å². The number of nitrogen functional groups attached to an aromatic ring is 1. The molecule has 0 aliphatic heterocycles. The van der Waals surface area contributed by atoms with Crippen molar-refractivity contribution in [2.75, 3.05) is 12.5 Å². The van der Waals surface area contributed by atoms with Crippen LogP contribution in [0, 0.1) is 5.92 Å². The molecule has 0 bridgehead atoms. The summed E-state index contributed by atoms with van der Waals surface area (Å²) >= 11 is 0. The van der Waals surface area contributed by atoms with E-state index in [9.17, 15) is 0 Å². The lowest BCUT2D eigenvalue weighted by molar-refractivity contribution is 0.0771. The zero-order chi connectivity index (χ0) is 12.3. The molecule has 5 heteroatoms. The molecule has 1 aliphatic carbocycles. The van der Waals surface area contributed by atoms with Crippen molar-refractivity contribution < 1.29 is 4.74 Å². The topological polar surface area (TPSA) is 73.1 Å². The van der Waals surface area contributed by atoms with Gasteiger partial charge in [0.2, 0.25) is 0 Å². The third-order valence-electron chi connectivity index (χ3n) is 3.01. The molecule has 94 valence electrons. The number of nitrogens with two attached hydrogens (primary N) is 1. The highest BCUT2D eigenvalue weighted by molar-refractivity contribution is 5.35. The van der Waals surface area contributed by atoms with E-state index in [1.807, 2.05) is 6.07 Å². The average Bonchev–Trinajstić information content (AvgIpc) is 3.15. The summed E-state index contributed by atoms with van der Waals surface area (Å²) in [4.78, 5) is 8.97. The first-order chi connectivity index (χ1) is 8.28. The summed E-state index contributed by atoms with van der Waals surface area (Å²) in [6.45, 7) is 2.13. The van der Waals surface area contributed by atoms with Crippen LogP contribution < -0.4 is 11.3 Å². The molecule has 1 unspecified atom stereocenters. The van der Waals surface area contributed by atoms with E-state index in [-0.39, 0.29) is 6.10 Å². The molecule has 1 saturated carbocycles. The van der Waals surface area contributed by atoms with Crippen LogP contribution in [0.15, 0.2) is 6.07 Å². The fourth-order valence-electron chi connectivity index (χ4n) is 2.01. The monoisotopic (exact) mass is 236 g/mol. The Morgan fingerprint density at radius 2 is 2.29 bits per heavy atom. The fourth-order valence-corrected chi connectivity index (χ4v) is 2.01. The number of aryl methyl sites for hydroxylation is 1. The molecule has 3 N–H and O–H groups in total. The predicted molar refractivity (Wildman–Crippen MR) is 66.3 cm³/mol. The Hall–Kier alpha value is -1.20. The number of nitrogens with zero attached hydrogens (tertiary/aromatic N) is 2. The van der Waals surface area contributed by atoms with Crippen LogP contribution in [0.5, 0.6) is 0 Å². The second kappa shape index (κ2) is 5.42. The number of nitrogens with one attached hydrogen (secondary N) is 1. The zero-order valence-electron chi connectivity index (χ0n) is 10.4. The Morgan fingerprint density at radius 3 is 2.82 bits per heavy atom. The van der Waals surface area contributed by atoms with E-state index < -0.39 is 0 Å². The van der Waals surface area contributed by atoms with Gasteiger partial charge in [0.1, 0.15) is 11.9 Å². The first kappa shape index (κ1) is 12.3. The van der Waals surface area contributed by atoms with Crippen molar-refractivity contribution in [3.63, 3.8) is 0 Å². The minimum atomic E-state index is 0.0129. The van der Waals surface area contributed by atoms with E-state index in [0.717, 1.165) is 24.4 Å². The number of anilines is 1. The molecular weight excluding hydrogens is 216 g/mol. The van der Waals surface area contributed by atoms with Crippen molar-refractivity contribution in [1.82, 2.24) is 9.97 Å². The van der Waals surface area contributed by atoms with Crippen molar-refractivity contribution in [2.45, 2.75) is 38.7 Å². The van der Waals surface area contributed by atoms with Crippen molar-refractivity contribution in [3.8, 4) is 0 Å². The van der Waals surface area contributed by atoms with Gasteiger partial charge in [-0.15, -0.1) is 0 Å². The van der Waals surface area contributed by atoms with Gasteiger partial charge in [-0.3, -0.25) is 0 Å². The van der Waals surface area contributed by atoms with Crippen LogP contribution in [0.3, 0.4) is 0 Å². The molecule has 1 fully saturated rings. The van der Waals surface area contributed by atoms with Gasteiger partial charge in [0, 0.05) is 18.9 Å². The highest BCUT2D eigenvalue weighted by Gasteiger charge is 2.34. The molecule has 0 amide bonds. The van der Waals surface area contributed by atoms with Gasteiger partial charge in [-0.1, -0.05) is 13.3 Å². The Labute approximate surface area is 102 Å². The number of hydrogen-bond acceptors (Lipinski definition) is 5. The molecule has 0 aromatic carbocycles. The van der Waals surface area contributed by atoms with Crippen molar-refractivity contribution in [2.24, 2.45) is 11.8 Å². The lowest BCUT2D eigenvalue weighted by Gasteiger charge is -2.15. The van der Waals surface area contributed by atoms with Crippen LogP contribution in [-0.4, -0.2) is 17.1 Å². The van der Waals surface area contributed by atoms with Crippen LogP contribution in [-0.2, 0) is 11.2 Å². The molecule has 2 rings (SSSR count). The number of ether oxygens (including phenoxy) is 1. The summed E-state index contributed by atoms with van der Waals surface area (Å²) < 4.78 is 5.50. The van der Waals surface area contributed by atoms with Gasteiger partial charge in [0.25, 0.3) is 0 Å². The van der Waals surface area contributed by atoms with Crippen LogP contribution in [0.2, 0.25) is 0 Å². The van der Waals surface area contributed by atoms with Gasteiger partial charge in [-0.05, 0) is 25.2 Å². The van der Waals surface area contributed by atoms with Crippen LogP contribution >= 0.6 is 0 Å². The molecule has 1 aliphatic rings. The van der Waals surface area contributed by atoms with E-state index in [1.54, 1.807) is 7.11 Å². The summed E-state index contributed by atoms with van der Waals surface area (Å²) in [5, 5.41) is 0. The third kappa shape index (κ3) is 2.92. The molecule has 1 heterocycles. The fraction of sp³-hybridized carbons (Fsp3) is 0.667. The van der Waals surface area contributed by atoms with Crippen LogP contribution in [0.1, 0.15) is 43.8 Å². The van der Waals surface area contributed by atoms with Gasteiger partial charge < -0.3 is 10.2 Å². The largest absolute Gasteiger partial charge is 0.373 e. The Bertz CT molecular complexity index is 379. The van der Waals surface area contributed by atoms with E-state index in [4.69, 9.17) is 10.6 Å². The molecule has 1 aromatic heterocycles. The second-order valence-corrected chi connectivity index (χ2v) is 4.49. The highest BCUT2D eigenvalue weighted by atomic mass is 16.5. The minimum absolute atomic E-state index is 0.0129. The van der Waals surface area contributed by atoms with E-state index in [1.165, 1.54) is 12.8 Å². The summed E-state index contributed by atoms with van der Waals surface area (Å²) in [5.41, 5.74) is 3.62. The maximum absolute atomic E-state index is 5.50. The lowest BCUT2D eigenvalue weighted by Crippen LogP contribution is -2.15. The van der Waals surface area contributed by atoms with Gasteiger partial charge in [0.15, 0.2) is 5.82 Å². The highest BCUT2D eigenvalue weighted by Crippen LogP contribution is 2.42. The lowest BCUT2D eigenvalue weighted by atomic mass is 10.2. The maximum Gasteiger partial charge on any atom is 0.160 e. The predicted octanol–water partition coefficient (Wildman–Crippen LogP) is 1.81. The summed E-state index contributed by atoms with van der Waals surface area (Å²) in [6.07, 6.45) is 4.41. The average molecular weight is 236 g/mol. The molecule has 17 heavy (non-hydrogen) atoms. The molecule has 1 aromatic rings. The number of hydrogen-bond donors (Lipinski definition) is 2. The number of hydrazine groups is 1. The summed E-state index contributed by atoms with van der Waals surface area (Å²) in [5.74, 6) is 7.43. The molecular formula is C12H20N4O. The number of rotatable bonds is 6. The van der Waals surface area contributed by atoms with E-state index >= 15 is 0 Å².